The fourth-order valence-corrected chi connectivity index (χ4v) is 5.60. The van der Waals surface area contributed by atoms with E-state index in [1.165, 1.54) is 12.8 Å². The van der Waals surface area contributed by atoms with E-state index in [2.05, 4.69) is 15.5 Å². The van der Waals surface area contributed by atoms with Crippen LogP contribution in [0.25, 0.3) is 0 Å². The maximum absolute atomic E-state index is 13.1. The highest BCUT2D eigenvalue weighted by molar-refractivity contribution is 5.95. The highest BCUT2D eigenvalue weighted by atomic mass is 16.3. The molecule has 1 saturated heterocycles. The van der Waals surface area contributed by atoms with E-state index in [1.807, 2.05) is 20.8 Å². The van der Waals surface area contributed by atoms with Crippen LogP contribution in [0.1, 0.15) is 63.5 Å². The van der Waals surface area contributed by atoms with Crippen LogP contribution in [0.4, 0.5) is 4.79 Å². The highest BCUT2D eigenvalue weighted by Crippen LogP contribution is 2.52. The fraction of sp³-hybridized carbons (Fsp3) is 0.640. The minimum absolute atomic E-state index is 0.0778. The van der Waals surface area contributed by atoms with Crippen molar-refractivity contribution in [2.75, 3.05) is 19.6 Å². The number of amides is 3. The summed E-state index contributed by atoms with van der Waals surface area (Å²) in [6.07, 6.45) is 4.06. The normalized spacial score (nSPS) is 27.5. The number of imide groups is 1. The lowest BCUT2D eigenvalue weighted by Gasteiger charge is -2.58. The van der Waals surface area contributed by atoms with Crippen LogP contribution in [-0.2, 0) is 10.2 Å². The molecule has 1 aliphatic heterocycles. The first-order valence-corrected chi connectivity index (χ1v) is 11.9. The number of urea groups is 1. The largest absolute Gasteiger partial charge is 0.508 e. The summed E-state index contributed by atoms with van der Waals surface area (Å²) in [5.41, 5.74) is -0.602. The number of carbonyl (C=O) groups is 2. The van der Waals surface area contributed by atoms with Crippen LogP contribution < -0.4 is 10.6 Å². The Bertz CT molecular complexity index is 925. The number of carbonyl (C=O) groups excluding carboxylic acids is 2. The average molecular weight is 457 g/mol. The Morgan fingerprint density at radius 3 is 2.70 bits per heavy atom. The lowest BCUT2D eigenvalue weighted by atomic mass is 9.56. The van der Waals surface area contributed by atoms with Crippen LogP contribution >= 0.6 is 0 Å². The average Bonchev–Trinajstić information content (AvgIpc) is 3.58. The summed E-state index contributed by atoms with van der Waals surface area (Å²) in [7, 11) is 0. The molecule has 4 N–H and O–H groups in total. The Morgan fingerprint density at radius 2 is 2.06 bits per heavy atom. The number of aromatic hydroxyl groups is 1. The number of nitrogens with zero attached hydrogens (tertiary/aromatic N) is 2. The summed E-state index contributed by atoms with van der Waals surface area (Å²) >= 11 is 0. The number of rotatable bonds is 8. The summed E-state index contributed by atoms with van der Waals surface area (Å²) in [5.74, 6) is 0.222. The third-order valence-corrected chi connectivity index (χ3v) is 7.49. The zero-order valence-electron chi connectivity index (χ0n) is 19.9. The number of hydrogen-bond donors (Lipinski definition) is 4. The highest BCUT2D eigenvalue weighted by Gasteiger charge is 2.59. The SMILES string of the molecule is CCCC1(O)C(C)N(CC2CC2)CCC1(CC(=O)NC(=O)NCC#N)c1cc(O)ccc1C. The summed E-state index contributed by atoms with van der Waals surface area (Å²) < 4.78 is 0. The van der Waals surface area contributed by atoms with Gasteiger partial charge in [0, 0.05) is 24.4 Å². The molecule has 180 valence electrons. The zero-order valence-corrected chi connectivity index (χ0v) is 19.9. The van der Waals surface area contributed by atoms with Gasteiger partial charge >= 0.3 is 6.03 Å². The van der Waals surface area contributed by atoms with Gasteiger partial charge in [0.2, 0.25) is 5.91 Å². The number of likely N-dealkylation sites (tertiary alicyclic amines) is 1. The van der Waals surface area contributed by atoms with Gasteiger partial charge in [0.15, 0.2) is 0 Å². The van der Waals surface area contributed by atoms with Gasteiger partial charge in [-0.05, 0) is 75.3 Å². The first-order valence-electron chi connectivity index (χ1n) is 11.9. The molecule has 0 radical (unpaired) electrons. The van der Waals surface area contributed by atoms with Gasteiger partial charge in [0.1, 0.15) is 12.3 Å². The molecule has 8 heteroatoms. The molecule has 1 aliphatic carbocycles. The van der Waals surface area contributed by atoms with Gasteiger partial charge < -0.3 is 15.5 Å². The van der Waals surface area contributed by atoms with E-state index < -0.39 is 23.0 Å². The Morgan fingerprint density at radius 1 is 1.33 bits per heavy atom. The molecule has 1 aromatic rings. The third-order valence-electron chi connectivity index (χ3n) is 7.49. The first-order chi connectivity index (χ1) is 15.7. The number of hydrogen-bond acceptors (Lipinski definition) is 6. The van der Waals surface area contributed by atoms with Gasteiger partial charge in [-0.2, -0.15) is 5.26 Å². The molecule has 0 aromatic heterocycles. The molecule has 0 bridgehead atoms. The van der Waals surface area contributed by atoms with E-state index in [9.17, 15) is 19.8 Å². The van der Waals surface area contributed by atoms with Crippen LogP contribution in [0.2, 0.25) is 0 Å². The van der Waals surface area contributed by atoms with Gasteiger partial charge in [-0.1, -0.05) is 19.4 Å². The quantitative estimate of drug-likeness (QED) is 0.446. The Hall–Kier alpha value is -2.63. The predicted octanol–water partition coefficient (Wildman–Crippen LogP) is 2.71. The van der Waals surface area contributed by atoms with E-state index in [1.54, 1.807) is 24.3 Å². The summed E-state index contributed by atoms with van der Waals surface area (Å²) in [6, 6.07) is 5.93. The zero-order chi connectivity index (χ0) is 24.2. The minimum Gasteiger partial charge on any atom is -0.508 e. The van der Waals surface area contributed by atoms with E-state index in [0.717, 1.165) is 24.1 Å². The molecule has 0 spiro atoms. The maximum atomic E-state index is 13.1. The number of phenolic OH excluding ortho intramolecular Hbond substituents is 1. The number of nitrogens with one attached hydrogen (secondary N) is 2. The molecule has 1 saturated carbocycles. The van der Waals surface area contributed by atoms with Crippen molar-refractivity contribution in [3.8, 4) is 11.8 Å². The second kappa shape index (κ2) is 10.1. The molecular formula is C25H36N4O4. The molecule has 2 fully saturated rings. The van der Waals surface area contributed by atoms with Gasteiger partial charge in [-0.15, -0.1) is 0 Å². The van der Waals surface area contributed by atoms with Crippen LogP contribution in [0.15, 0.2) is 18.2 Å². The van der Waals surface area contributed by atoms with Crippen molar-refractivity contribution in [2.24, 2.45) is 5.92 Å². The number of aliphatic hydroxyl groups is 1. The molecule has 3 rings (SSSR count). The first kappa shape index (κ1) is 25.0. The van der Waals surface area contributed by atoms with E-state index in [0.29, 0.717) is 25.3 Å². The van der Waals surface area contributed by atoms with Crippen molar-refractivity contribution in [3.05, 3.63) is 29.3 Å². The molecule has 2 aliphatic rings. The lowest BCUT2D eigenvalue weighted by molar-refractivity contribution is -0.151. The molecular weight excluding hydrogens is 420 g/mol. The van der Waals surface area contributed by atoms with E-state index in [-0.39, 0.29) is 24.8 Å². The van der Waals surface area contributed by atoms with Crippen molar-refractivity contribution < 1.29 is 19.8 Å². The fourth-order valence-electron chi connectivity index (χ4n) is 5.60. The topological polar surface area (TPSA) is 126 Å². The maximum Gasteiger partial charge on any atom is 0.322 e. The van der Waals surface area contributed by atoms with Crippen LogP contribution in [0.5, 0.6) is 5.75 Å². The van der Waals surface area contributed by atoms with Gasteiger partial charge in [0.05, 0.1) is 11.7 Å². The van der Waals surface area contributed by atoms with Crippen LogP contribution in [-0.4, -0.2) is 58.3 Å². The monoisotopic (exact) mass is 456 g/mol. The second-order valence-electron chi connectivity index (χ2n) is 9.69. The van der Waals surface area contributed by atoms with Gasteiger partial charge in [-0.25, -0.2) is 4.79 Å². The molecule has 1 aromatic carbocycles. The Balaban J connectivity index is 2.03. The van der Waals surface area contributed by atoms with E-state index >= 15 is 0 Å². The smallest absolute Gasteiger partial charge is 0.322 e. The number of aryl methyl sites for hydroxylation is 1. The van der Waals surface area contributed by atoms with E-state index in [4.69, 9.17) is 5.26 Å². The molecule has 8 nitrogen and oxygen atoms in total. The lowest BCUT2D eigenvalue weighted by Crippen LogP contribution is -2.69. The number of phenols is 1. The van der Waals surface area contributed by atoms with Gasteiger partial charge in [-0.3, -0.25) is 15.0 Å². The standard InChI is InChI=1S/C25H36N4O4/c1-4-9-25(33)18(3)29(16-19-6-7-19)13-10-24(25,21-14-20(30)8-5-17(21)2)15-22(31)28-23(32)27-12-11-26/h5,8,14,18-19,30,33H,4,6-7,9-10,12-13,15-16H2,1-3H3,(H2,27,28,31,32). The third kappa shape index (κ3) is 5.15. The Kier molecular flexibility index (Phi) is 7.65. The minimum atomic E-state index is -1.24. The number of benzene rings is 1. The van der Waals surface area contributed by atoms with Crippen molar-refractivity contribution in [1.29, 1.82) is 5.26 Å². The predicted molar refractivity (Wildman–Crippen MR) is 125 cm³/mol. The number of nitriles is 1. The summed E-state index contributed by atoms with van der Waals surface area (Å²) in [5, 5.41) is 36.0. The summed E-state index contributed by atoms with van der Waals surface area (Å²) in [6.45, 7) is 7.41. The van der Waals surface area contributed by atoms with Crippen LogP contribution in [0, 0.1) is 24.2 Å². The summed E-state index contributed by atoms with van der Waals surface area (Å²) in [4.78, 5) is 27.5. The van der Waals surface area contributed by atoms with Crippen LogP contribution in [0.3, 0.4) is 0 Å². The molecule has 3 unspecified atom stereocenters. The molecule has 33 heavy (non-hydrogen) atoms. The van der Waals surface area contributed by atoms with Crippen molar-refractivity contribution in [2.45, 2.75) is 76.4 Å². The van der Waals surface area contributed by atoms with Gasteiger partial charge in [0.25, 0.3) is 0 Å². The van der Waals surface area contributed by atoms with Crippen molar-refractivity contribution in [3.63, 3.8) is 0 Å². The number of piperidine rings is 1. The molecule has 3 amide bonds. The second-order valence-corrected chi connectivity index (χ2v) is 9.69. The van der Waals surface area contributed by atoms with Crippen molar-refractivity contribution in [1.82, 2.24) is 15.5 Å². The van der Waals surface area contributed by atoms with Crippen molar-refractivity contribution >= 4 is 11.9 Å². The molecule has 1 heterocycles. The Labute approximate surface area is 196 Å². The molecule has 3 atom stereocenters.